The number of hydrogen-bond donors (Lipinski definition) is 2. The number of benzene rings is 1. The fraction of sp³-hybridized carbons (Fsp3) is 0.300. The first-order valence-corrected chi connectivity index (χ1v) is 4.76. The third-order valence-corrected chi connectivity index (χ3v) is 2.02. The molecule has 0 aliphatic heterocycles. The second-order valence-electron chi connectivity index (χ2n) is 3.13. The summed E-state index contributed by atoms with van der Waals surface area (Å²) in [6.45, 7) is 1.47. The summed E-state index contributed by atoms with van der Waals surface area (Å²) in [6.07, 6.45) is 0. The van der Waals surface area contributed by atoms with Gasteiger partial charge < -0.3 is 10.6 Å². The maximum atomic E-state index is 10.6. The maximum Gasteiger partial charge on any atom is 0.287 e. The molecule has 6 nitrogen and oxygen atoms in total. The molecule has 16 heavy (non-hydrogen) atoms. The number of hydrogen-bond acceptors (Lipinski definition) is 5. The number of nitrogens with zero attached hydrogens (tertiary/aromatic N) is 2. The highest BCUT2D eigenvalue weighted by atomic mass is 16.6. The Balaban J connectivity index is 2.84. The average Bonchev–Trinajstić information content (AvgIpc) is 2.29. The molecule has 2 N–H and O–H groups in total. The van der Waals surface area contributed by atoms with E-state index in [1.165, 1.54) is 12.1 Å². The maximum absolute atomic E-state index is 10.6. The molecule has 0 fully saturated rings. The van der Waals surface area contributed by atoms with E-state index in [-0.39, 0.29) is 11.3 Å². The molecule has 1 rings (SSSR count). The predicted molar refractivity (Wildman–Crippen MR) is 60.2 cm³/mol. The molecule has 0 atom stereocenters. The van der Waals surface area contributed by atoms with E-state index in [4.69, 9.17) is 5.26 Å². The quantitative estimate of drug-likeness (QED) is 0.440. The van der Waals surface area contributed by atoms with Crippen molar-refractivity contribution in [3.8, 4) is 6.07 Å². The Bertz CT molecular complexity index is 425. The van der Waals surface area contributed by atoms with Gasteiger partial charge in [-0.05, 0) is 19.2 Å². The Morgan fingerprint density at radius 1 is 1.50 bits per heavy atom. The summed E-state index contributed by atoms with van der Waals surface area (Å²) in [5, 5.41) is 25.4. The monoisotopic (exact) mass is 220 g/mol. The van der Waals surface area contributed by atoms with Crippen LogP contribution in [0.3, 0.4) is 0 Å². The lowest BCUT2D eigenvalue weighted by molar-refractivity contribution is -0.385. The average molecular weight is 220 g/mol. The summed E-state index contributed by atoms with van der Waals surface area (Å²) < 4.78 is 0. The highest BCUT2D eigenvalue weighted by Gasteiger charge is 2.13. The molecule has 0 saturated heterocycles. The third kappa shape index (κ3) is 2.93. The normalized spacial score (nSPS) is 9.50. The zero-order valence-corrected chi connectivity index (χ0v) is 8.86. The molecule has 6 heteroatoms. The van der Waals surface area contributed by atoms with Gasteiger partial charge in [-0.3, -0.25) is 10.1 Å². The largest absolute Gasteiger partial charge is 0.384 e. The van der Waals surface area contributed by atoms with Gasteiger partial charge in [0, 0.05) is 24.8 Å². The first-order valence-electron chi connectivity index (χ1n) is 4.76. The number of nitro benzene ring substituents is 1. The van der Waals surface area contributed by atoms with Gasteiger partial charge in [-0.15, -0.1) is 0 Å². The van der Waals surface area contributed by atoms with E-state index in [0.29, 0.717) is 12.2 Å². The van der Waals surface area contributed by atoms with Crippen LogP contribution in [0, 0.1) is 21.4 Å². The molecule has 1 aromatic rings. The summed E-state index contributed by atoms with van der Waals surface area (Å²) in [6, 6.07) is 6.22. The van der Waals surface area contributed by atoms with Crippen LogP contribution in [0.1, 0.15) is 5.56 Å². The molecule has 0 amide bonds. The van der Waals surface area contributed by atoms with Gasteiger partial charge in [0.15, 0.2) is 0 Å². The Hall–Kier alpha value is -2.13. The van der Waals surface area contributed by atoms with Crippen LogP contribution in [0.15, 0.2) is 18.2 Å². The van der Waals surface area contributed by atoms with Crippen molar-refractivity contribution >= 4 is 11.4 Å². The molecule has 0 unspecified atom stereocenters. The van der Waals surface area contributed by atoms with Gasteiger partial charge in [0.1, 0.15) is 11.6 Å². The minimum atomic E-state index is -0.560. The highest BCUT2D eigenvalue weighted by molar-refractivity contribution is 5.58. The lowest BCUT2D eigenvalue weighted by Crippen LogP contribution is -2.17. The van der Waals surface area contributed by atoms with Crippen molar-refractivity contribution in [1.82, 2.24) is 5.32 Å². The summed E-state index contributed by atoms with van der Waals surface area (Å²) in [4.78, 5) is 10.0. The van der Waals surface area contributed by atoms with E-state index in [2.05, 4.69) is 10.6 Å². The smallest absolute Gasteiger partial charge is 0.287 e. The second-order valence-corrected chi connectivity index (χ2v) is 3.13. The number of anilines is 1. The zero-order chi connectivity index (χ0) is 12.0. The second kappa shape index (κ2) is 5.68. The van der Waals surface area contributed by atoms with Gasteiger partial charge in [-0.25, -0.2) is 0 Å². The van der Waals surface area contributed by atoms with E-state index in [9.17, 15) is 10.1 Å². The van der Waals surface area contributed by atoms with Crippen molar-refractivity contribution in [3.63, 3.8) is 0 Å². The SMILES string of the molecule is CNCCNc1ccc([N+](=O)[O-])c(C#N)c1. The van der Waals surface area contributed by atoms with Crippen molar-refractivity contribution in [2.45, 2.75) is 0 Å². The van der Waals surface area contributed by atoms with Gasteiger partial charge in [-0.2, -0.15) is 5.26 Å². The highest BCUT2D eigenvalue weighted by Crippen LogP contribution is 2.21. The van der Waals surface area contributed by atoms with Crippen LogP contribution in [0.2, 0.25) is 0 Å². The topological polar surface area (TPSA) is 91.0 Å². The van der Waals surface area contributed by atoms with Crippen molar-refractivity contribution in [3.05, 3.63) is 33.9 Å². The molecule has 0 heterocycles. The van der Waals surface area contributed by atoms with E-state index >= 15 is 0 Å². The molecule has 1 aromatic carbocycles. The van der Waals surface area contributed by atoms with E-state index < -0.39 is 4.92 Å². The van der Waals surface area contributed by atoms with Gasteiger partial charge in [0.2, 0.25) is 0 Å². The first-order chi connectivity index (χ1) is 7.69. The van der Waals surface area contributed by atoms with Crippen LogP contribution in [0.25, 0.3) is 0 Å². The third-order valence-electron chi connectivity index (χ3n) is 2.02. The summed E-state index contributed by atoms with van der Waals surface area (Å²) in [5.41, 5.74) is 0.610. The number of rotatable bonds is 5. The van der Waals surface area contributed by atoms with Crippen LogP contribution in [0.4, 0.5) is 11.4 Å². The minimum Gasteiger partial charge on any atom is -0.384 e. The van der Waals surface area contributed by atoms with Gasteiger partial charge >= 0.3 is 0 Å². The number of nitro groups is 1. The molecule has 0 aromatic heterocycles. The van der Waals surface area contributed by atoms with Gasteiger partial charge in [-0.1, -0.05) is 0 Å². The molecule has 0 radical (unpaired) electrons. The van der Waals surface area contributed by atoms with E-state index in [1.54, 1.807) is 6.07 Å². The fourth-order valence-electron chi connectivity index (χ4n) is 1.23. The number of nitriles is 1. The Kier molecular flexibility index (Phi) is 4.24. The Morgan fingerprint density at radius 2 is 2.25 bits per heavy atom. The molecule has 0 aliphatic carbocycles. The van der Waals surface area contributed by atoms with Crippen LogP contribution in [-0.2, 0) is 0 Å². The van der Waals surface area contributed by atoms with E-state index in [1.807, 2.05) is 13.1 Å². The van der Waals surface area contributed by atoms with Crippen LogP contribution in [0.5, 0.6) is 0 Å². The van der Waals surface area contributed by atoms with Crippen molar-refractivity contribution in [2.75, 3.05) is 25.5 Å². The molecule has 84 valence electrons. The lowest BCUT2D eigenvalue weighted by atomic mass is 10.2. The van der Waals surface area contributed by atoms with Crippen molar-refractivity contribution < 1.29 is 4.92 Å². The minimum absolute atomic E-state index is 0.0689. The molecule has 0 bridgehead atoms. The van der Waals surface area contributed by atoms with Crippen molar-refractivity contribution in [1.29, 1.82) is 5.26 Å². The van der Waals surface area contributed by atoms with E-state index in [0.717, 1.165) is 6.54 Å². The van der Waals surface area contributed by atoms with Gasteiger partial charge in [0.25, 0.3) is 5.69 Å². The number of likely N-dealkylation sites (N-methyl/N-ethyl adjacent to an activating group) is 1. The predicted octanol–water partition coefficient (Wildman–Crippen LogP) is 1.10. The lowest BCUT2D eigenvalue weighted by Gasteiger charge is -2.05. The number of nitrogens with one attached hydrogen (secondary N) is 2. The summed E-state index contributed by atoms with van der Waals surface area (Å²) >= 11 is 0. The zero-order valence-electron chi connectivity index (χ0n) is 8.86. The molecule has 0 saturated carbocycles. The summed E-state index contributed by atoms with van der Waals surface area (Å²) in [7, 11) is 1.83. The van der Waals surface area contributed by atoms with Gasteiger partial charge in [0.05, 0.1) is 4.92 Å². The summed E-state index contributed by atoms with van der Waals surface area (Å²) in [5.74, 6) is 0. The van der Waals surface area contributed by atoms with Crippen molar-refractivity contribution in [2.24, 2.45) is 0 Å². The fourth-order valence-corrected chi connectivity index (χ4v) is 1.23. The van der Waals surface area contributed by atoms with Crippen LogP contribution >= 0.6 is 0 Å². The van der Waals surface area contributed by atoms with Crippen LogP contribution < -0.4 is 10.6 Å². The molecular formula is C10H12N4O2. The first kappa shape index (κ1) is 11.9. The Morgan fingerprint density at radius 3 is 2.81 bits per heavy atom. The van der Waals surface area contributed by atoms with Crippen LogP contribution in [-0.4, -0.2) is 25.1 Å². The molecular weight excluding hydrogens is 208 g/mol. The standard InChI is InChI=1S/C10H12N4O2/c1-12-4-5-13-9-2-3-10(14(15)16)8(6-9)7-11/h2-3,6,12-13H,4-5H2,1H3. The molecule has 0 aliphatic rings. The molecule has 0 spiro atoms. The Labute approximate surface area is 93.0 Å².